The van der Waals surface area contributed by atoms with Gasteiger partial charge in [0, 0.05) is 17.6 Å². The number of hydrogen-bond acceptors (Lipinski definition) is 5. The maximum Gasteiger partial charge on any atom is 0.262 e. The third-order valence-corrected chi connectivity index (χ3v) is 4.43. The maximum atomic E-state index is 12.7. The molecular formula is C16H17ClN4O2S. The monoisotopic (exact) mass is 364 g/mol. The molecule has 0 atom stereocenters. The highest BCUT2D eigenvalue weighted by atomic mass is 35.5. The van der Waals surface area contributed by atoms with Crippen LogP contribution in [0.5, 0.6) is 0 Å². The second-order valence-electron chi connectivity index (χ2n) is 5.37. The molecule has 0 bridgehead atoms. The van der Waals surface area contributed by atoms with Gasteiger partial charge in [-0.2, -0.15) is 5.26 Å². The van der Waals surface area contributed by atoms with Crippen LogP contribution in [-0.2, 0) is 4.79 Å². The molecule has 0 fully saturated rings. The van der Waals surface area contributed by atoms with Crippen LogP contribution in [0.1, 0.15) is 26.3 Å². The van der Waals surface area contributed by atoms with Gasteiger partial charge in [-0.15, -0.1) is 0 Å². The lowest BCUT2D eigenvalue weighted by Crippen LogP contribution is -2.28. The Hall–Kier alpha value is -2.04. The molecule has 24 heavy (non-hydrogen) atoms. The van der Waals surface area contributed by atoms with Crippen LogP contribution in [0.15, 0.2) is 28.2 Å². The lowest BCUT2D eigenvalue weighted by molar-refractivity contribution is -0.118. The molecule has 0 saturated carbocycles. The Kier molecular flexibility index (Phi) is 6.23. The van der Waals surface area contributed by atoms with Crippen molar-refractivity contribution in [3.8, 4) is 6.07 Å². The number of carbonyl (C=O) groups is 1. The Labute approximate surface area is 148 Å². The van der Waals surface area contributed by atoms with Crippen molar-refractivity contribution in [2.24, 2.45) is 0 Å². The van der Waals surface area contributed by atoms with Gasteiger partial charge in [-0.3, -0.25) is 14.2 Å². The van der Waals surface area contributed by atoms with Crippen molar-refractivity contribution in [2.45, 2.75) is 31.5 Å². The van der Waals surface area contributed by atoms with Crippen molar-refractivity contribution < 1.29 is 4.79 Å². The third kappa shape index (κ3) is 4.28. The van der Waals surface area contributed by atoms with E-state index in [9.17, 15) is 9.59 Å². The minimum absolute atomic E-state index is 0.0887. The van der Waals surface area contributed by atoms with E-state index in [2.05, 4.69) is 10.3 Å². The van der Waals surface area contributed by atoms with Gasteiger partial charge in [0.2, 0.25) is 5.91 Å². The predicted octanol–water partition coefficient (Wildman–Crippen LogP) is 2.75. The number of hydrogen-bond donors (Lipinski definition) is 1. The van der Waals surface area contributed by atoms with Crippen molar-refractivity contribution >= 4 is 40.2 Å². The second kappa shape index (κ2) is 8.18. The highest BCUT2D eigenvalue weighted by Gasteiger charge is 2.15. The average molecular weight is 365 g/mol. The molecule has 1 aromatic heterocycles. The van der Waals surface area contributed by atoms with Crippen molar-refractivity contribution in [3.63, 3.8) is 0 Å². The van der Waals surface area contributed by atoms with Crippen LogP contribution in [0, 0.1) is 11.3 Å². The van der Waals surface area contributed by atoms with E-state index in [0.29, 0.717) is 27.6 Å². The molecule has 0 aliphatic heterocycles. The minimum Gasteiger partial charge on any atom is -0.354 e. The molecule has 2 aromatic rings. The van der Waals surface area contributed by atoms with Crippen LogP contribution in [-0.4, -0.2) is 27.8 Å². The van der Waals surface area contributed by atoms with Crippen LogP contribution < -0.4 is 10.9 Å². The summed E-state index contributed by atoms with van der Waals surface area (Å²) < 4.78 is 1.57. The van der Waals surface area contributed by atoms with Crippen LogP contribution in [0.3, 0.4) is 0 Å². The van der Waals surface area contributed by atoms with Gasteiger partial charge in [0.15, 0.2) is 5.16 Å². The molecule has 0 spiro atoms. The van der Waals surface area contributed by atoms with Crippen molar-refractivity contribution in [1.29, 1.82) is 5.26 Å². The highest BCUT2D eigenvalue weighted by molar-refractivity contribution is 7.99. The molecule has 1 heterocycles. The summed E-state index contributed by atoms with van der Waals surface area (Å²) in [6.45, 7) is 4.09. The van der Waals surface area contributed by atoms with Crippen LogP contribution in [0.2, 0.25) is 5.02 Å². The van der Waals surface area contributed by atoms with Crippen molar-refractivity contribution in [1.82, 2.24) is 14.9 Å². The quantitative estimate of drug-likeness (QED) is 0.483. The Bertz CT molecular complexity index is 858. The van der Waals surface area contributed by atoms with E-state index in [1.807, 2.05) is 19.9 Å². The summed E-state index contributed by atoms with van der Waals surface area (Å²) in [5.41, 5.74) is 0.357. The fourth-order valence-electron chi connectivity index (χ4n) is 2.15. The normalized spacial score (nSPS) is 10.8. The van der Waals surface area contributed by atoms with Gasteiger partial charge >= 0.3 is 0 Å². The Morgan fingerprint density at radius 3 is 2.92 bits per heavy atom. The summed E-state index contributed by atoms with van der Waals surface area (Å²) in [5.74, 6) is -0.0811. The number of rotatable bonds is 6. The van der Waals surface area contributed by atoms with E-state index in [4.69, 9.17) is 16.9 Å². The lowest BCUT2D eigenvalue weighted by Gasteiger charge is -2.16. The number of thioether (sulfide) groups is 1. The number of halogens is 1. The summed E-state index contributed by atoms with van der Waals surface area (Å²) in [5, 5.41) is 12.6. The first-order valence-electron chi connectivity index (χ1n) is 7.42. The van der Waals surface area contributed by atoms with Crippen LogP contribution in [0.25, 0.3) is 10.9 Å². The smallest absolute Gasteiger partial charge is 0.262 e. The van der Waals surface area contributed by atoms with E-state index in [1.165, 1.54) is 11.8 Å². The zero-order valence-corrected chi connectivity index (χ0v) is 14.9. The SMILES string of the molecule is CC(C)n1c(SCC(=O)NCCC#N)nc2cc(Cl)ccc2c1=O. The van der Waals surface area contributed by atoms with E-state index in [1.54, 1.807) is 22.8 Å². The van der Waals surface area contributed by atoms with Gasteiger partial charge in [0.25, 0.3) is 5.56 Å². The van der Waals surface area contributed by atoms with Crippen LogP contribution in [0.4, 0.5) is 0 Å². The van der Waals surface area contributed by atoms with E-state index < -0.39 is 0 Å². The van der Waals surface area contributed by atoms with Gasteiger partial charge in [-0.05, 0) is 32.0 Å². The molecule has 0 aliphatic rings. The molecule has 0 unspecified atom stereocenters. The molecule has 0 saturated heterocycles. The number of fused-ring (bicyclic) bond motifs is 1. The molecule has 126 valence electrons. The topological polar surface area (TPSA) is 87.8 Å². The average Bonchev–Trinajstić information content (AvgIpc) is 2.52. The number of amides is 1. The molecule has 1 N–H and O–H groups in total. The molecule has 6 nitrogen and oxygen atoms in total. The zero-order valence-electron chi connectivity index (χ0n) is 13.4. The van der Waals surface area contributed by atoms with Gasteiger partial charge in [-0.1, -0.05) is 23.4 Å². The summed E-state index contributed by atoms with van der Waals surface area (Å²) in [6, 6.07) is 6.83. The first-order chi connectivity index (χ1) is 11.4. The Morgan fingerprint density at radius 1 is 1.50 bits per heavy atom. The largest absolute Gasteiger partial charge is 0.354 e. The first-order valence-corrected chi connectivity index (χ1v) is 8.78. The number of aromatic nitrogens is 2. The zero-order chi connectivity index (χ0) is 17.7. The van der Waals surface area contributed by atoms with E-state index in [0.717, 1.165) is 0 Å². The van der Waals surface area contributed by atoms with Gasteiger partial charge < -0.3 is 5.32 Å². The minimum atomic E-state index is -0.203. The second-order valence-corrected chi connectivity index (χ2v) is 6.75. The summed E-state index contributed by atoms with van der Waals surface area (Å²) in [6.07, 6.45) is 0.264. The number of carbonyl (C=O) groups excluding carboxylic acids is 1. The van der Waals surface area contributed by atoms with Gasteiger partial charge in [0.1, 0.15) is 0 Å². The fourth-order valence-corrected chi connectivity index (χ4v) is 3.27. The molecule has 1 aromatic carbocycles. The van der Waals surface area contributed by atoms with Crippen molar-refractivity contribution in [3.05, 3.63) is 33.6 Å². The molecule has 0 aliphatic carbocycles. The summed E-state index contributed by atoms with van der Waals surface area (Å²) in [7, 11) is 0. The number of benzene rings is 1. The molecule has 2 rings (SSSR count). The number of nitrogens with zero attached hydrogens (tertiary/aromatic N) is 3. The highest BCUT2D eigenvalue weighted by Crippen LogP contribution is 2.22. The Morgan fingerprint density at radius 2 is 2.25 bits per heavy atom. The molecule has 8 heteroatoms. The van der Waals surface area contributed by atoms with Gasteiger partial charge in [0.05, 0.1) is 29.1 Å². The number of nitrogens with one attached hydrogen (secondary N) is 1. The Balaban J connectivity index is 2.31. The maximum absolute atomic E-state index is 12.7. The summed E-state index contributed by atoms with van der Waals surface area (Å²) in [4.78, 5) is 29.0. The standard InChI is InChI=1S/C16H17ClN4O2S/c1-10(2)21-15(23)12-5-4-11(17)8-13(12)20-16(21)24-9-14(22)19-7-3-6-18/h4-5,8,10H,3,7,9H2,1-2H3,(H,19,22). The van der Waals surface area contributed by atoms with Gasteiger partial charge in [-0.25, -0.2) is 4.98 Å². The molecule has 1 amide bonds. The van der Waals surface area contributed by atoms with E-state index in [-0.39, 0.29) is 29.7 Å². The predicted molar refractivity (Wildman–Crippen MR) is 95.4 cm³/mol. The van der Waals surface area contributed by atoms with Crippen molar-refractivity contribution in [2.75, 3.05) is 12.3 Å². The lowest BCUT2D eigenvalue weighted by atomic mass is 10.2. The summed E-state index contributed by atoms with van der Waals surface area (Å²) >= 11 is 7.17. The fraction of sp³-hybridized carbons (Fsp3) is 0.375. The molecule has 0 radical (unpaired) electrons. The van der Waals surface area contributed by atoms with E-state index >= 15 is 0 Å². The number of nitriles is 1. The first kappa shape index (κ1) is 18.3. The van der Waals surface area contributed by atoms with Crippen LogP contribution >= 0.6 is 23.4 Å². The molecular weight excluding hydrogens is 348 g/mol. The third-order valence-electron chi connectivity index (χ3n) is 3.24.